The maximum Gasteiger partial charge on any atom is 0.354 e. The van der Waals surface area contributed by atoms with E-state index in [0.29, 0.717) is 18.7 Å². The minimum absolute atomic E-state index is 0.244. The van der Waals surface area contributed by atoms with Gasteiger partial charge >= 0.3 is 11.9 Å². The van der Waals surface area contributed by atoms with E-state index < -0.39 is 0 Å². The van der Waals surface area contributed by atoms with Gasteiger partial charge in [0.05, 0.1) is 19.2 Å². The summed E-state index contributed by atoms with van der Waals surface area (Å²) in [4.78, 5) is 25.4. The number of aromatic nitrogens is 1. The number of ether oxygens (including phenoxy) is 2. The number of esters is 2. The molecule has 0 fully saturated rings. The Labute approximate surface area is 145 Å². The van der Waals surface area contributed by atoms with E-state index in [9.17, 15) is 9.59 Å². The lowest BCUT2D eigenvalue weighted by atomic mass is 10.1. The summed E-state index contributed by atoms with van der Waals surface area (Å²) in [5, 5.41) is 1.03. The van der Waals surface area contributed by atoms with Crippen LogP contribution in [0.3, 0.4) is 0 Å². The van der Waals surface area contributed by atoms with Crippen LogP contribution in [0.25, 0.3) is 10.9 Å². The first kappa shape index (κ1) is 16.9. The van der Waals surface area contributed by atoms with Crippen molar-refractivity contribution in [1.82, 2.24) is 4.57 Å². The molecule has 2 aromatic rings. The first-order valence-corrected chi connectivity index (χ1v) is 9.16. The molecule has 5 nitrogen and oxygen atoms in total. The summed E-state index contributed by atoms with van der Waals surface area (Å²) in [6.45, 7) is 2.94. The van der Waals surface area contributed by atoms with Gasteiger partial charge in [0.25, 0.3) is 0 Å². The van der Waals surface area contributed by atoms with E-state index >= 15 is 0 Å². The van der Waals surface area contributed by atoms with Crippen LogP contribution in [0, 0.1) is 0 Å². The predicted octanol–water partition coefficient (Wildman–Crippen LogP) is 3.42. The highest BCUT2D eigenvalue weighted by Crippen LogP contribution is 2.37. The van der Waals surface area contributed by atoms with Gasteiger partial charge in [0.1, 0.15) is 5.69 Å². The molecule has 3 rings (SSSR count). The monoisotopic (exact) mass is 347 g/mol. The maximum absolute atomic E-state index is 12.4. The summed E-state index contributed by atoms with van der Waals surface area (Å²) in [6.07, 6.45) is 1.72. The molecule has 2 heterocycles. The highest BCUT2D eigenvalue weighted by molar-refractivity contribution is 7.99. The van der Waals surface area contributed by atoms with Crippen LogP contribution in [0.5, 0.6) is 0 Å². The summed E-state index contributed by atoms with van der Waals surface area (Å²) in [7, 11) is 1.40. The Kier molecular flexibility index (Phi) is 5.14. The summed E-state index contributed by atoms with van der Waals surface area (Å²) < 4.78 is 12.1. The molecule has 1 aromatic carbocycles. The number of thioether (sulfide) groups is 1. The molecule has 0 spiro atoms. The average Bonchev–Trinajstić information content (AvgIpc) is 2.74. The van der Waals surface area contributed by atoms with Crippen LogP contribution in [-0.2, 0) is 27.2 Å². The van der Waals surface area contributed by atoms with Gasteiger partial charge in [0, 0.05) is 23.2 Å². The number of hydrogen-bond acceptors (Lipinski definition) is 5. The van der Waals surface area contributed by atoms with Crippen LogP contribution in [0.1, 0.15) is 35.8 Å². The van der Waals surface area contributed by atoms with E-state index in [4.69, 9.17) is 9.47 Å². The second-order valence-electron chi connectivity index (χ2n) is 5.63. The number of aryl methyl sites for hydroxylation is 2. The molecule has 1 aliphatic rings. The Morgan fingerprint density at radius 1 is 1.33 bits per heavy atom. The number of methoxy groups -OCH3 is 1. The predicted molar refractivity (Wildman–Crippen MR) is 93.6 cm³/mol. The van der Waals surface area contributed by atoms with Crippen molar-refractivity contribution in [3.8, 4) is 0 Å². The van der Waals surface area contributed by atoms with Gasteiger partial charge < -0.3 is 14.0 Å². The zero-order valence-corrected chi connectivity index (χ0v) is 14.8. The molecule has 128 valence electrons. The van der Waals surface area contributed by atoms with Crippen molar-refractivity contribution in [3.63, 3.8) is 0 Å². The molecule has 0 bridgehead atoms. The van der Waals surface area contributed by atoms with E-state index in [1.54, 1.807) is 6.92 Å². The molecule has 24 heavy (non-hydrogen) atoms. The smallest absolute Gasteiger partial charge is 0.354 e. The van der Waals surface area contributed by atoms with E-state index in [-0.39, 0.29) is 18.4 Å². The molecule has 0 atom stereocenters. The van der Waals surface area contributed by atoms with E-state index in [1.807, 2.05) is 23.9 Å². The molecular weight excluding hydrogens is 326 g/mol. The number of benzene rings is 1. The van der Waals surface area contributed by atoms with Gasteiger partial charge in [-0.2, -0.15) is 0 Å². The molecular formula is C18H21NO4S. The Bertz CT molecular complexity index is 781. The summed E-state index contributed by atoms with van der Waals surface area (Å²) >= 11 is 1.81. The fourth-order valence-corrected chi connectivity index (χ4v) is 4.26. The summed E-state index contributed by atoms with van der Waals surface area (Å²) in [5.74, 6) is 0.439. The molecule has 6 heteroatoms. The zero-order valence-electron chi connectivity index (χ0n) is 14.0. The summed E-state index contributed by atoms with van der Waals surface area (Å²) in [6, 6.07) is 6.12. The molecule has 0 radical (unpaired) electrons. The molecule has 0 unspecified atom stereocenters. The lowest BCUT2D eigenvalue weighted by molar-refractivity contribution is -0.143. The quantitative estimate of drug-likeness (QED) is 0.776. The number of rotatable bonds is 5. The van der Waals surface area contributed by atoms with Crippen LogP contribution in [-0.4, -0.2) is 36.0 Å². The van der Waals surface area contributed by atoms with Crippen LogP contribution in [0.15, 0.2) is 23.1 Å². The normalized spacial score (nSPS) is 13.6. The third-order valence-electron chi connectivity index (χ3n) is 4.20. The van der Waals surface area contributed by atoms with Gasteiger partial charge in [-0.15, -0.1) is 11.8 Å². The van der Waals surface area contributed by atoms with Crippen molar-refractivity contribution in [1.29, 1.82) is 0 Å². The van der Waals surface area contributed by atoms with Gasteiger partial charge in [-0.1, -0.05) is 12.1 Å². The largest absolute Gasteiger partial charge is 0.466 e. The fraction of sp³-hybridized carbons (Fsp3) is 0.444. The van der Waals surface area contributed by atoms with Gasteiger partial charge in [-0.25, -0.2) is 4.79 Å². The third-order valence-corrected chi connectivity index (χ3v) is 5.33. The van der Waals surface area contributed by atoms with Gasteiger partial charge in [0.15, 0.2) is 0 Å². The zero-order chi connectivity index (χ0) is 17.1. The third kappa shape index (κ3) is 3.02. The van der Waals surface area contributed by atoms with E-state index in [1.165, 1.54) is 12.0 Å². The Morgan fingerprint density at radius 3 is 2.92 bits per heavy atom. The van der Waals surface area contributed by atoms with Crippen LogP contribution >= 0.6 is 11.8 Å². The van der Waals surface area contributed by atoms with Crippen molar-refractivity contribution in [3.05, 3.63) is 29.5 Å². The van der Waals surface area contributed by atoms with Crippen molar-refractivity contribution in [2.75, 3.05) is 19.5 Å². The number of carbonyl (C=O) groups is 2. The molecule has 0 N–H and O–H groups in total. The molecule has 1 aliphatic heterocycles. The van der Waals surface area contributed by atoms with Crippen LogP contribution in [0.4, 0.5) is 0 Å². The van der Waals surface area contributed by atoms with Crippen molar-refractivity contribution < 1.29 is 19.1 Å². The SMILES string of the molecule is CCOC(=O)CCc1c(C(=O)OC)n2c3c(cccc13)SCCC2. The Morgan fingerprint density at radius 2 is 2.17 bits per heavy atom. The highest BCUT2D eigenvalue weighted by atomic mass is 32.2. The second kappa shape index (κ2) is 7.30. The molecule has 0 saturated heterocycles. The lowest BCUT2D eigenvalue weighted by Gasteiger charge is -2.09. The standard InChI is InChI=1S/C18H21NO4S/c1-3-23-15(20)9-8-13-12-6-4-7-14-16(12)19(10-5-11-24-14)17(13)18(21)22-2/h4,6-7H,3,5,8-11H2,1-2H3. The van der Waals surface area contributed by atoms with Gasteiger partial charge in [-0.3, -0.25) is 4.79 Å². The minimum Gasteiger partial charge on any atom is -0.466 e. The second-order valence-corrected chi connectivity index (χ2v) is 6.77. The molecule has 1 aromatic heterocycles. The lowest BCUT2D eigenvalue weighted by Crippen LogP contribution is -2.14. The topological polar surface area (TPSA) is 57.5 Å². The Balaban J connectivity index is 2.12. The van der Waals surface area contributed by atoms with Crippen molar-refractivity contribution in [2.45, 2.75) is 37.6 Å². The Hall–Kier alpha value is -1.95. The molecule has 0 saturated carbocycles. The molecule has 0 aliphatic carbocycles. The van der Waals surface area contributed by atoms with E-state index in [2.05, 4.69) is 10.6 Å². The van der Waals surface area contributed by atoms with E-state index in [0.717, 1.165) is 35.2 Å². The average molecular weight is 347 g/mol. The van der Waals surface area contributed by atoms with Crippen LogP contribution < -0.4 is 0 Å². The number of nitrogens with zero attached hydrogens (tertiary/aromatic N) is 1. The van der Waals surface area contributed by atoms with Crippen molar-refractivity contribution in [2.24, 2.45) is 0 Å². The number of para-hydroxylation sites is 1. The van der Waals surface area contributed by atoms with Gasteiger partial charge in [-0.05, 0) is 37.1 Å². The minimum atomic E-state index is -0.345. The highest BCUT2D eigenvalue weighted by Gasteiger charge is 2.26. The fourth-order valence-electron chi connectivity index (χ4n) is 3.23. The summed E-state index contributed by atoms with van der Waals surface area (Å²) in [5.41, 5.74) is 2.54. The van der Waals surface area contributed by atoms with Crippen molar-refractivity contribution >= 4 is 34.6 Å². The van der Waals surface area contributed by atoms with Gasteiger partial charge in [0.2, 0.25) is 0 Å². The number of hydrogen-bond donors (Lipinski definition) is 0. The number of carbonyl (C=O) groups excluding carboxylic acids is 2. The van der Waals surface area contributed by atoms with Crippen LogP contribution in [0.2, 0.25) is 0 Å². The molecule has 0 amide bonds. The first-order valence-electron chi connectivity index (χ1n) is 8.18. The first-order chi connectivity index (χ1) is 11.7. The maximum atomic E-state index is 12.4.